The fourth-order valence-corrected chi connectivity index (χ4v) is 5.42. The summed E-state index contributed by atoms with van der Waals surface area (Å²) in [5, 5.41) is 10.6. The summed E-state index contributed by atoms with van der Waals surface area (Å²) in [4.78, 5) is 63.4. The first kappa shape index (κ1) is 19.3. The minimum atomic E-state index is -1.41. The Labute approximate surface area is 167 Å². The van der Waals surface area contributed by atoms with Gasteiger partial charge in [0.1, 0.15) is 17.5 Å². The van der Waals surface area contributed by atoms with Crippen LogP contribution in [-0.4, -0.2) is 34.0 Å². The van der Waals surface area contributed by atoms with Crippen LogP contribution in [0.2, 0.25) is 0 Å². The van der Waals surface area contributed by atoms with Gasteiger partial charge < -0.3 is 5.11 Å². The van der Waals surface area contributed by atoms with E-state index in [1.807, 2.05) is 0 Å². The summed E-state index contributed by atoms with van der Waals surface area (Å²) in [6.07, 6.45) is 6.22. The maximum absolute atomic E-state index is 13.2. The molecule has 0 aromatic heterocycles. The van der Waals surface area contributed by atoms with E-state index in [1.54, 1.807) is 13.0 Å². The Kier molecular flexibility index (Phi) is 4.30. The number of fused-ring (bicyclic) bond motifs is 3. The largest absolute Gasteiger partial charge is 0.507 e. The van der Waals surface area contributed by atoms with Crippen LogP contribution in [0.1, 0.15) is 46.8 Å². The molecule has 0 heterocycles. The van der Waals surface area contributed by atoms with Gasteiger partial charge in [0, 0.05) is 17.5 Å². The summed E-state index contributed by atoms with van der Waals surface area (Å²) in [6.45, 7) is 2.78. The lowest BCUT2D eigenvalue weighted by Crippen LogP contribution is -2.55. The molecule has 6 nitrogen and oxygen atoms in total. The average molecular weight is 392 g/mol. The Balaban J connectivity index is 1.78. The van der Waals surface area contributed by atoms with Crippen molar-refractivity contribution in [2.75, 3.05) is 0 Å². The number of benzene rings is 1. The molecule has 0 amide bonds. The second-order valence-corrected chi connectivity index (χ2v) is 8.37. The van der Waals surface area contributed by atoms with Crippen molar-refractivity contribution in [2.24, 2.45) is 29.6 Å². The molecule has 6 heteroatoms. The van der Waals surface area contributed by atoms with Crippen LogP contribution in [0.15, 0.2) is 6.07 Å². The number of phenols is 1. The van der Waals surface area contributed by atoms with E-state index in [9.17, 15) is 29.1 Å². The Morgan fingerprint density at radius 3 is 2.38 bits per heavy atom. The molecule has 29 heavy (non-hydrogen) atoms. The molecule has 2 saturated carbocycles. The van der Waals surface area contributed by atoms with Gasteiger partial charge in [0.05, 0.1) is 17.4 Å². The van der Waals surface area contributed by atoms with E-state index >= 15 is 0 Å². The van der Waals surface area contributed by atoms with Crippen LogP contribution in [0.5, 0.6) is 5.75 Å². The van der Waals surface area contributed by atoms with Crippen LogP contribution in [0.25, 0.3) is 0 Å². The normalized spacial score (nSPS) is 30.9. The molecule has 0 saturated heterocycles. The summed E-state index contributed by atoms with van der Waals surface area (Å²) < 4.78 is 0. The highest BCUT2D eigenvalue weighted by Crippen LogP contribution is 2.48. The van der Waals surface area contributed by atoms with E-state index in [2.05, 4.69) is 5.92 Å². The van der Waals surface area contributed by atoms with Crippen LogP contribution < -0.4 is 0 Å². The molecule has 148 valence electrons. The number of rotatable bonds is 1. The zero-order chi connectivity index (χ0) is 21.2. The van der Waals surface area contributed by atoms with E-state index in [0.29, 0.717) is 29.5 Å². The van der Waals surface area contributed by atoms with Gasteiger partial charge in [-0.05, 0) is 50.2 Å². The molecule has 1 aromatic rings. The number of aromatic hydroxyl groups is 1. The molecule has 3 aliphatic carbocycles. The van der Waals surface area contributed by atoms with E-state index in [4.69, 9.17) is 6.42 Å². The van der Waals surface area contributed by atoms with Crippen molar-refractivity contribution < 1.29 is 29.1 Å². The predicted octanol–water partition coefficient (Wildman–Crippen LogP) is 1.61. The van der Waals surface area contributed by atoms with Crippen LogP contribution in [-0.2, 0) is 25.6 Å². The van der Waals surface area contributed by atoms with Gasteiger partial charge in [-0.15, -0.1) is 6.42 Å². The first-order valence-corrected chi connectivity index (χ1v) is 9.64. The molecule has 4 rings (SSSR count). The van der Waals surface area contributed by atoms with Crippen molar-refractivity contribution >= 4 is 28.9 Å². The van der Waals surface area contributed by atoms with Gasteiger partial charge in [0.2, 0.25) is 0 Å². The molecule has 5 atom stereocenters. The van der Waals surface area contributed by atoms with Crippen molar-refractivity contribution in [1.29, 1.82) is 0 Å². The van der Waals surface area contributed by atoms with Gasteiger partial charge in [0.15, 0.2) is 23.1 Å². The number of carbonyl (C=O) groups excluding carboxylic acids is 5. The smallest absolute Gasteiger partial charge is 0.177 e. The highest BCUT2D eigenvalue weighted by atomic mass is 16.3. The lowest BCUT2D eigenvalue weighted by Gasteiger charge is -2.44. The lowest BCUT2D eigenvalue weighted by molar-refractivity contribution is -0.152. The molecule has 0 bridgehead atoms. The second kappa shape index (κ2) is 6.48. The van der Waals surface area contributed by atoms with Gasteiger partial charge in [-0.1, -0.05) is 5.92 Å². The predicted molar refractivity (Wildman–Crippen MR) is 101 cm³/mol. The minimum absolute atomic E-state index is 0.00852. The van der Waals surface area contributed by atoms with Gasteiger partial charge in [-0.25, -0.2) is 0 Å². The molecule has 0 radical (unpaired) electrons. The monoisotopic (exact) mass is 392 g/mol. The number of carbonyl (C=O) groups is 5. The van der Waals surface area contributed by atoms with Gasteiger partial charge in [-0.3, -0.25) is 24.0 Å². The van der Waals surface area contributed by atoms with Crippen molar-refractivity contribution in [2.45, 2.75) is 33.1 Å². The number of ketones is 5. The topological polar surface area (TPSA) is 106 Å². The molecule has 1 aromatic carbocycles. The molecule has 3 aliphatic rings. The summed E-state index contributed by atoms with van der Waals surface area (Å²) >= 11 is 0. The quantitative estimate of drug-likeness (QED) is 0.575. The van der Waals surface area contributed by atoms with E-state index in [-0.39, 0.29) is 23.7 Å². The molecular weight excluding hydrogens is 372 g/mol. The first-order chi connectivity index (χ1) is 13.7. The zero-order valence-corrected chi connectivity index (χ0v) is 16.2. The van der Waals surface area contributed by atoms with E-state index in [0.717, 1.165) is 0 Å². The highest BCUT2D eigenvalue weighted by molar-refractivity contribution is 6.27. The second-order valence-electron chi connectivity index (χ2n) is 8.37. The molecule has 0 spiro atoms. The fourth-order valence-electron chi connectivity index (χ4n) is 5.42. The fraction of sp³-hybridized carbons (Fsp3) is 0.435. The van der Waals surface area contributed by atoms with Crippen LogP contribution in [0.4, 0.5) is 0 Å². The molecule has 0 aliphatic heterocycles. The van der Waals surface area contributed by atoms with E-state index in [1.165, 1.54) is 6.92 Å². The third-order valence-electron chi connectivity index (χ3n) is 6.75. The van der Waals surface area contributed by atoms with Gasteiger partial charge in [0.25, 0.3) is 0 Å². The van der Waals surface area contributed by atoms with Gasteiger partial charge in [-0.2, -0.15) is 0 Å². The molecule has 1 N–H and O–H groups in total. The number of Topliss-reactive ketones (excluding diaryl/α,β-unsaturated/α-hetero) is 5. The van der Waals surface area contributed by atoms with Crippen molar-refractivity contribution in [3.8, 4) is 18.1 Å². The Morgan fingerprint density at radius 1 is 1.10 bits per heavy atom. The van der Waals surface area contributed by atoms with E-state index < -0.39 is 52.6 Å². The summed E-state index contributed by atoms with van der Waals surface area (Å²) in [7, 11) is 0. The van der Waals surface area contributed by atoms with Crippen molar-refractivity contribution in [3.63, 3.8) is 0 Å². The number of hydrogen-bond acceptors (Lipinski definition) is 6. The maximum atomic E-state index is 13.2. The number of hydrogen-bond donors (Lipinski definition) is 1. The third kappa shape index (κ3) is 2.61. The Hall–Kier alpha value is -3.07. The highest BCUT2D eigenvalue weighted by Gasteiger charge is 2.57. The van der Waals surface area contributed by atoms with Crippen LogP contribution >= 0.6 is 0 Å². The maximum Gasteiger partial charge on any atom is 0.177 e. The minimum Gasteiger partial charge on any atom is -0.507 e. The third-order valence-corrected chi connectivity index (χ3v) is 6.75. The molecule has 2 fully saturated rings. The number of terminal acetylenes is 1. The van der Waals surface area contributed by atoms with Crippen LogP contribution in [0, 0.1) is 48.9 Å². The SMILES string of the molecule is C#Cc1cc2c(c(O)c1C)C(=O)C1C(=O)C3C(=O)C(C(C)=O)C(=O)CC3CC1C2. The summed E-state index contributed by atoms with van der Waals surface area (Å²) in [6, 6.07) is 1.69. The lowest BCUT2D eigenvalue weighted by atomic mass is 9.56. The Morgan fingerprint density at radius 2 is 1.76 bits per heavy atom. The Bertz CT molecular complexity index is 1060. The summed E-state index contributed by atoms with van der Waals surface area (Å²) in [5.74, 6) is -4.85. The zero-order valence-electron chi connectivity index (χ0n) is 16.2. The van der Waals surface area contributed by atoms with Crippen LogP contribution in [0.3, 0.4) is 0 Å². The molecule has 5 unspecified atom stereocenters. The average Bonchev–Trinajstić information content (AvgIpc) is 2.63. The number of phenolic OH excluding ortho intramolecular Hbond substituents is 1. The first-order valence-electron chi connectivity index (χ1n) is 9.64. The molecular formula is C23H20O6. The summed E-state index contributed by atoms with van der Waals surface area (Å²) in [5.41, 5.74) is 1.57. The van der Waals surface area contributed by atoms with Crippen molar-refractivity contribution in [3.05, 3.63) is 28.3 Å². The van der Waals surface area contributed by atoms with Crippen molar-refractivity contribution in [1.82, 2.24) is 0 Å². The standard InChI is InChI=1S/C23H20O6/c1-4-11-5-12-6-13-7-14-8-15(25)16(10(3)24)21(27)19(14)23(29)18(13)22(28)17(12)20(26)9(11)2/h1,5,13-14,16,18-19,26H,6-8H2,2-3H3. The van der Waals surface area contributed by atoms with Gasteiger partial charge >= 0.3 is 0 Å².